The van der Waals surface area contributed by atoms with Gasteiger partial charge in [0.15, 0.2) is 0 Å². The largest absolute Gasteiger partial charge is 0.361 e. The first-order valence-corrected chi connectivity index (χ1v) is 10.1. The molecule has 0 saturated heterocycles. The Labute approximate surface area is 164 Å². The first-order valence-electron chi connectivity index (χ1n) is 10.1. The first-order chi connectivity index (χ1) is 12.6. The topological polar surface area (TPSA) is 6.48 Å². The summed E-state index contributed by atoms with van der Waals surface area (Å²) < 4.78 is 0. The third-order valence-electron chi connectivity index (χ3n) is 7.02. The smallest absolute Gasteiger partial charge is 0.0939 e. The fourth-order valence-electron chi connectivity index (χ4n) is 4.49. The number of benzene rings is 2. The molecule has 1 aliphatic carbocycles. The number of fused-ring (bicyclic) bond motifs is 3. The van der Waals surface area contributed by atoms with E-state index in [1.54, 1.807) is 0 Å². The minimum atomic E-state index is 0.0382. The number of anilines is 1. The van der Waals surface area contributed by atoms with Crippen molar-refractivity contribution >= 4 is 5.69 Å². The van der Waals surface area contributed by atoms with Crippen LogP contribution in [-0.4, -0.2) is 18.6 Å². The molecule has 0 aromatic heterocycles. The van der Waals surface area contributed by atoms with Crippen LogP contribution in [0.4, 0.5) is 5.69 Å². The van der Waals surface area contributed by atoms with E-state index in [9.17, 15) is 0 Å². The van der Waals surface area contributed by atoms with Crippen LogP contribution in [0.15, 0.2) is 48.8 Å². The lowest BCUT2D eigenvalue weighted by Crippen LogP contribution is -2.30. The second-order valence-corrected chi connectivity index (χ2v) is 9.63. The van der Waals surface area contributed by atoms with Crippen LogP contribution in [0.3, 0.4) is 0 Å². The van der Waals surface area contributed by atoms with Crippen molar-refractivity contribution in [3.63, 3.8) is 0 Å². The number of rotatable bonds is 3. The number of hydrogen-bond donors (Lipinski definition) is 0. The van der Waals surface area contributed by atoms with Crippen molar-refractivity contribution in [2.24, 2.45) is 5.92 Å². The van der Waals surface area contributed by atoms with Gasteiger partial charge in [0, 0.05) is 30.5 Å². The van der Waals surface area contributed by atoms with Crippen LogP contribution in [-0.2, 0) is 10.8 Å². The third kappa shape index (κ3) is 2.61. The summed E-state index contributed by atoms with van der Waals surface area (Å²) in [7, 11) is 2.14. The van der Waals surface area contributed by atoms with Gasteiger partial charge in [0.2, 0.25) is 0 Å². The molecule has 2 heteroatoms. The van der Waals surface area contributed by atoms with Crippen molar-refractivity contribution in [2.75, 3.05) is 18.6 Å². The van der Waals surface area contributed by atoms with Crippen molar-refractivity contribution in [2.45, 2.75) is 52.4 Å². The van der Waals surface area contributed by atoms with Crippen LogP contribution in [0.1, 0.15) is 58.2 Å². The van der Waals surface area contributed by atoms with Crippen molar-refractivity contribution in [1.29, 1.82) is 0 Å². The van der Waals surface area contributed by atoms with Gasteiger partial charge in [-0.25, -0.2) is 0 Å². The Morgan fingerprint density at radius 2 is 1.67 bits per heavy atom. The highest BCUT2D eigenvalue weighted by atomic mass is 15.3. The van der Waals surface area contributed by atoms with E-state index in [1.165, 1.54) is 33.5 Å². The van der Waals surface area contributed by atoms with Gasteiger partial charge in [0.1, 0.15) is 0 Å². The second-order valence-electron chi connectivity index (χ2n) is 9.63. The molecule has 142 valence electrons. The Morgan fingerprint density at radius 3 is 2.30 bits per heavy atom. The van der Waals surface area contributed by atoms with E-state index in [2.05, 4.69) is 107 Å². The Kier molecular flexibility index (Phi) is 3.96. The van der Waals surface area contributed by atoms with Gasteiger partial charge in [0.05, 0.1) is 6.67 Å². The predicted molar refractivity (Wildman–Crippen MR) is 116 cm³/mol. The van der Waals surface area contributed by atoms with E-state index in [0.29, 0.717) is 5.92 Å². The minimum absolute atomic E-state index is 0.0382. The average Bonchev–Trinajstić information content (AvgIpc) is 3.14. The third-order valence-corrected chi connectivity index (χ3v) is 7.02. The second kappa shape index (κ2) is 5.89. The zero-order chi connectivity index (χ0) is 19.6. The van der Waals surface area contributed by atoms with Gasteiger partial charge in [0.25, 0.3) is 0 Å². The molecule has 1 aliphatic heterocycles. The summed E-state index contributed by atoms with van der Waals surface area (Å²) in [5.41, 5.74) is 8.65. The van der Waals surface area contributed by atoms with Gasteiger partial charge in [-0.05, 0) is 51.3 Å². The summed E-state index contributed by atoms with van der Waals surface area (Å²) >= 11 is 0. The van der Waals surface area contributed by atoms with Crippen LogP contribution in [0.5, 0.6) is 0 Å². The molecular formula is C25H32N2. The molecule has 1 heterocycles. The summed E-state index contributed by atoms with van der Waals surface area (Å²) in [4.78, 5) is 4.64. The Bertz CT molecular complexity index is 918. The quantitative estimate of drug-likeness (QED) is 0.652. The van der Waals surface area contributed by atoms with Crippen LogP contribution in [0.2, 0.25) is 0 Å². The normalized spacial score (nSPS) is 17.6. The molecule has 2 aromatic carbocycles. The molecule has 2 nitrogen and oxygen atoms in total. The maximum Gasteiger partial charge on any atom is 0.0939 e. The van der Waals surface area contributed by atoms with E-state index in [0.717, 1.165) is 6.67 Å². The zero-order valence-corrected chi connectivity index (χ0v) is 17.8. The van der Waals surface area contributed by atoms with E-state index in [4.69, 9.17) is 0 Å². The molecule has 0 saturated carbocycles. The maximum absolute atomic E-state index is 2.49. The van der Waals surface area contributed by atoms with Gasteiger partial charge in [-0.1, -0.05) is 65.8 Å². The summed E-state index contributed by atoms with van der Waals surface area (Å²) in [6, 6.07) is 13.9. The minimum Gasteiger partial charge on any atom is -0.361 e. The summed E-state index contributed by atoms with van der Waals surface area (Å²) in [5.74, 6) is 0.559. The molecule has 0 bridgehead atoms. The number of nitrogens with zero attached hydrogens (tertiary/aromatic N) is 2. The molecule has 0 spiro atoms. The van der Waals surface area contributed by atoms with E-state index < -0.39 is 0 Å². The van der Waals surface area contributed by atoms with Crippen LogP contribution in [0, 0.1) is 5.92 Å². The van der Waals surface area contributed by atoms with Gasteiger partial charge in [-0.15, -0.1) is 0 Å². The summed E-state index contributed by atoms with van der Waals surface area (Å²) in [6.45, 7) is 15.1. The monoisotopic (exact) mass is 360 g/mol. The zero-order valence-electron chi connectivity index (χ0n) is 17.8. The van der Waals surface area contributed by atoms with Crippen LogP contribution < -0.4 is 4.90 Å². The standard InChI is InChI=1S/C25H32N2/c1-17(2)24(3,4)22-14-19-18-10-8-9-11-20(18)25(5,6)21(19)15-23(22)27-13-12-26(7)16-27/h8-15,17H,16H2,1-7H3. The van der Waals surface area contributed by atoms with Gasteiger partial charge in [-0.3, -0.25) is 0 Å². The predicted octanol–water partition coefficient (Wildman–Crippen LogP) is 6.11. The van der Waals surface area contributed by atoms with Crippen molar-refractivity contribution in [3.05, 3.63) is 65.5 Å². The van der Waals surface area contributed by atoms with Crippen LogP contribution in [0.25, 0.3) is 11.1 Å². The Balaban J connectivity index is 1.99. The van der Waals surface area contributed by atoms with Gasteiger partial charge >= 0.3 is 0 Å². The van der Waals surface area contributed by atoms with Crippen molar-refractivity contribution in [1.82, 2.24) is 4.90 Å². The first kappa shape index (κ1) is 18.2. The van der Waals surface area contributed by atoms with E-state index >= 15 is 0 Å². The fourth-order valence-corrected chi connectivity index (χ4v) is 4.49. The van der Waals surface area contributed by atoms with Gasteiger partial charge in [-0.2, -0.15) is 0 Å². The van der Waals surface area contributed by atoms with Crippen molar-refractivity contribution < 1.29 is 0 Å². The molecule has 0 radical (unpaired) electrons. The Morgan fingerprint density at radius 1 is 0.963 bits per heavy atom. The fraction of sp³-hybridized carbons (Fsp3) is 0.440. The molecule has 0 unspecified atom stereocenters. The van der Waals surface area contributed by atoms with E-state index in [-0.39, 0.29) is 10.8 Å². The molecule has 2 aliphatic rings. The highest BCUT2D eigenvalue weighted by Gasteiger charge is 2.39. The summed E-state index contributed by atoms with van der Waals surface area (Å²) in [6.07, 6.45) is 4.38. The molecular weight excluding hydrogens is 328 g/mol. The molecule has 0 fully saturated rings. The Hall–Kier alpha value is -2.22. The van der Waals surface area contributed by atoms with Crippen molar-refractivity contribution in [3.8, 4) is 11.1 Å². The summed E-state index contributed by atoms with van der Waals surface area (Å²) in [5, 5.41) is 0. The molecule has 0 amide bonds. The lowest BCUT2D eigenvalue weighted by atomic mass is 9.72. The molecule has 27 heavy (non-hydrogen) atoms. The molecule has 2 aromatic rings. The van der Waals surface area contributed by atoms with E-state index in [1.807, 2.05) is 0 Å². The maximum atomic E-state index is 2.49. The average molecular weight is 361 g/mol. The molecule has 0 atom stereocenters. The highest BCUT2D eigenvalue weighted by Crippen LogP contribution is 2.52. The highest BCUT2D eigenvalue weighted by molar-refractivity contribution is 5.84. The lowest BCUT2D eigenvalue weighted by molar-refractivity contribution is 0.372. The number of hydrogen-bond acceptors (Lipinski definition) is 2. The molecule has 0 N–H and O–H groups in total. The molecule has 4 rings (SSSR count). The van der Waals surface area contributed by atoms with Crippen LogP contribution >= 0.6 is 0 Å². The van der Waals surface area contributed by atoms with Gasteiger partial charge < -0.3 is 9.80 Å². The SMILES string of the molecule is CC(C)C(C)(C)c1cc2c(cc1N1C=CN(C)C1)C(C)(C)c1ccccc1-2. The lowest BCUT2D eigenvalue weighted by Gasteiger charge is -2.35.